The molecule has 0 aliphatic heterocycles. The van der Waals surface area contributed by atoms with Crippen LogP contribution in [0, 0.1) is 0 Å². The molecule has 0 aliphatic carbocycles. The Morgan fingerprint density at radius 1 is 1.47 bits per heavy atom. The molecule has 1 amide bonds. The Morgan fingerprint density at radius 3 is 2.65 bits per heavy atom. The van der Waals surface area contributed by atoms with Gasteiger partial charge in [-0.3, -0.25) is 4.79 Å². The number of amides is 1. The normalized spacial score (nSPS) is 11.2. The molecular formula is C10H13ClN2O3S. The summed E-state index contributed by atoms with van der Waals surface area (Å²) >= 11 is 5.72. The minimum Gasteiger partial charge on any atom is -0.398 e. The smallest absolute Gasteiger partial charge is 0.264 e. The maximum absolute atomic E-state index is 11.7. The molecule has 1 aromatic carbocycles. The van der Waals surface area contributed by atoms with Crippen LogP contribution in [0.1, 0.15) is 19.8 Å². The molecule has 0 heterocycles. The largest absolute Gasteiger partial charge is 0.398 e. The quantitative estimate of drug-likeness (QED) is 0.816. The molecule has 7 heteroatoms. The molecule has 0 spiro atoms. The summed E-state index contributed by atoms with van der Waals surface area (Å²) in [6.45, 7) is 1.78. The van der Waals surface area contributed by atoms with Crippen molar-refractivity contribution in [1.82, 2.24) is 4.72 Å². The van der Waals surface area contributed by atoms with E-state index in [9.17, 15) is 13.2 Å². The Labute approximate surface area is 105 Å². The van der Waals surface area contributed by atoms with Crippen molar-refractivity contribution in [2.45, 2.75) is 24.7 Å². The van der Waals surface area contributed by atoms with Crippen molar-refractivity contribution < 1.29 is 13.2 Å². The molecule has 0 bridgehead atoms. The highest BCUT2D eigenvalue weighted by atomic mass is 35.5. The number of nitrogens with two attached hydrogens (primary N) is 1. The summed E-state index contributed by atoms with van der Waals surface area (Å²) in [4.78, 5) is 11.2. The minimum absolute atomic E-state index is 0.0823. The van der Waals surface area contributed by atoms with Crippen LogP contribution < -0.4 is 10.5 Å². The lowest BCUT2D eigenvalue weighted by molar-refractivity contribution is -0.119. The predicted octanol–water partition coefficient (Wildman–Crippen LogP) is 1.53. The van der Waals surface area contributed by atoms with Crippen molar-refractivity contribution in [2.24, 2.45) is 0 Å². The third-order valence-electron chi connectivity index (χ3n) is 2.01. The second-order valence-corrected chi connectivity index (χ2v) is 5.55. The van der Waals surface area contributed by atoms with Gasteiger partial charge in [-0.1, -0.05) is 18.5 Å². The van der Waals surface area contributed by atoms with E-state index in [1.54, 1.807) is 6.92 Å². The van der Waals surface area contributed by atoms with Crippen molar-refractivity contribution in [2.75, 3.05) is 5.73 Å². The van der Waals surface area contributed by atoms with Crippen LogP contribution in [0.15, 0.2) is 23.1 Å². The van der Waals surface area contributed by atoms with E-state index in [0.29, 0.717) is 6.42 Å². The van der Waals surface area contributed by atoms with E-state index in [2.05, 4.69) is 0 Å². The van der Waals surface area contributed by atoms with Crippen molar-refractivity contribution in [3.05, 3.63) is 23.2 Å². The van der Waals surface area contributed by atoms with Crippen molar-refractivity contribution in [3.8, 4) is 0 Å². The second-order valence-electron chi connectivity index (χ2n) is 3.46. The number of nitrogen functional groups attached to an aromatic ring is 1. The Hall–Kier alpha value is -1.27. The van der Waals surface area contributed by atoms with E-state index >= 15 is 0 Å². The van der Waals surface area contributed by atoms with E-state index in [0.717, 1.165) is 0 Å². The average Bonchev–Trinajstić information content (AvgIpc) is 2.21. The number of sulfonamides is 1. The molecule has 1 rings (SSSR count). The fourth-order valence-electron chi connectivity index (χ4n) is 1.16. The molecule has 0 saturated heterocycles. The van der Waals surface area contributed by atoms with Gasteiger partial charge in [-0.25, -0.2) is 13.1 Å². The van der Waals surface area contributed by atoms with Gasteiger partial charge in [0.1, 0.15) is 0 Å². The minimum atomic E-state index is -3.86. The first kappa shape index (κ1) is 13.8. The predicted molar refractivity (Wildman–Crippen MR) is 66.1 cm³/mol. The number of anilines is 1. The topological polar surface area (TPSA) is 89.3 Å². The fourth-order valence-corrected chi connectivity index (χ4v) is 2.45. The summed E-state index contributed by atoms with van der Waals surface area (Å²) in [6, 6.07) is 3.88. The second kappa shape index (κ2) is 5.37. The molecule has 0 atom stereocenters. The highest BCUT2D eigenvalue weighted by molar-refractivity contribution is 7.90. The number of carbonyl (C=O) groups is 1. The van der Waals surface area contributed by atoms with E-state index in [1.807, 2.05) is 4.72 Å². The molecule has 0 aromatic heterocycles. The van der Waals surface area contributed by atoms with Gasteiger partial charge in [0, 0.05) is 6.42 Å². The molecule has 0 aliphatic rings. The number of carbonyl (C=O) groups excluding carboxylic acids is 1. The van der Waals surface area contributed by atoms with Crippen molar-refractivity contribution in [3.63, 3.8) is 0 Å². The van der Waals surface area contributed by atoms with Gasteiger partial charge in [0.2, 0.25) is 5.91 Å². The van der Waals surface area contributed by atoms with Crippen LogP contribution in [0.2, 0.25) is 5.02 Å². The number of hydrogen-bond donors (Lipinski definition) is 2. The van der Waals surface area contributed by atoms with E-state index in [-0.39, 0.29) is 22.0 Å². The van der Waals surface area contributed by atoms with Crippen LogP contribution >= 0.6 is 11.6 Å². The highest BCUT2D eigenvalue weighted by Gasteiger charge is 2.17. The summed E-state index contributed by atoms with van der Waals surface area (Å²) in [6.07, 6.45) is 0.728. The molecule has 1 aromatic rings. The van der Waals surface area contributed by atoms with Gasteiger partial charge < -0.3 is 5.73 Å². The van der Waals surface area contributed by atoms with E-state index in [1.165, 1.54) is 18.2 Å². The summed E-state index contributed by atoms with van der Waals surface area (Å²) in [5, 5.41) is 0.135. The zero-order valence-electron chi connectivity index (χ0n) is 9.23. The van der Waals surface area contributed by atoms with Gasteiger partial charge in [0.05, 0.1) is 15.6 Å². The summed E-state index contributed by atoms with van der Waals surface area (Å²) in [5.74, 6) is -0.541. The van der Waals surface area contributed by atoms with Gasteiger partial charge in [-0.15, -0.1) is 0 Å². The standard InChI is InChI=1S/C10H13ClN2O3S/c1-2-3-10(14)13-17(15,16)7-4-5-9(12)8(11)6-7/h4-6H,2-3,12H2,1H3,(H,13,14). The van der Waals surface area contributed by atoms with Crippen LogP contribution in [0.4, 0.5) is 5.69 Å². The lowest BCUT2D eigenvalue weighted by Gasteiger charge is -2.07. The average molecular weight is 277 g/mol. The van der Waals surface area contributed by atoms with Gasteiger partial charge in [0.25, 0.3) is 10.0 Å². The molecule has 5 nitrogen and oxygen atoms in total. The zero-order valence-corrected chi connectivity index (χ0v) is 10.8. The molecular weight excluding hydrogens is 264 g/mol. The number of halogens is 1. The van der Waals surface area contributed by atoms with Gasteiger partial charge in [0.15, 0.2) is 0 Å². The number of hydrogen-bond acceptors (Lipinski definition) is 4. The lowest BCUT2D eigenvalue weighted by atomic mass is 10.3. The Kier molecular flexibility index (Phi) is 4.36. The Bertz CT molecular complexity index is 528. The fraction of sp³-hybridized carbons (Fsp3) is 0.300. The van der Waals surface area contributed by atoms with Crippen LogP contribution in [-0.2, 0) is 14.8 Å². The van der Waals surface area contributed by atoms with Crippen LogP contribution in [0.5, 0.6) is 0 Å². The first-order chi connectivity index (χ1) is 7.86. The van der Waals surface area contributed by atoms with Gasteiger partial charge in [-0.05, 0) is 24.6 Å². The Morgan fingerprint density at radius 2 is 2.12 bits per heavy atom. The highest BCUT2D eigenvalue weighted by Crippen LogP contribution is 2.22. The number of rotatable bonds is 4. The molecule has 0 unspecified atom stereocenters. The van der Waals surface area contributed by atoms with Crippen LogP contribution in [-0.4, -0.2) is 14.3 Å². The van der Waals surface area contributed by atoms with Crippen molar-refractivity contribution in [1.29, 1.82) is 0 Å². The molecule has 17 heavy (non-hydrogen) atoms. The summed E-state index contributed by atoms with van der Waals surface area (Å²) < 4.78 is 25.5. The summed E-state index contributed by atoms with van der Waals surface area (Å²) in [7, 11) is -3.86. The molecule has 0 saturated carbocycles. The molecule has 0 fully saturated rings. The third-order valence-corrected chi connectivity index (χ3v) is 3.71. The van der Waals surface area contributed by atoms with E-state index in [4.69, 9.17) is 17.3 Å². The molecule has 0 radical (unpaired) electrons. The SMILES string of the molecule is CCCC(=O)NS(=O)(=O)c1ccc(N)c(Cl)c1. The zero-order chi connectivity index (χ0) is 13.1. The third kappa shape index (κ3) is 3.61. The van der Waals surface area contributed by atoms with Crippen molar-refractivity contribution >= 4 is 33.2 Å². The van der Waals surface area contributed by atoms with Gasteiger partial charge >= 0.3 is 0 Å². The monoisotopic (exact) mass is 276 g/mol. The maximum Gasteiger partial charge on any atom is 0.264 e. The van der Waals surface area contributed by atoms with Crippen LogP contribution in [0.25, 0.3) is 0 Å². The van der Waals surface area contributed by atoms with E-state index < -0.39 is 15.9 Å². The van der Waals surface area contributed by atoms with Gasteiger partial charge in [-0.2, -0.15) is 0 Å². The maximum atomic E-state index is 11.7. The van der Waals surface area contributed by atoms with Crippen LogP contribution in [0.3, 0.4) is 0 Å². The Balaban J connectivity index is 2.97. The summed E-state index contributed by atoms with van der Waals surface area (Å²) in [5.41, 5.74) is 5.75. The molecule has 94 valence electrons. The lowest BCUT2D eigenvalue weighted by Crippen LogP contribution is -2.30. The number of nitrogens with one attached hydrogen (secondary N) is 1. The number of benzene rings is 1. The first-order valence-electron chi connectivity index (χ1n) is 4.97. The first-order valence-corrected chi connectivity index (χ1v) is 6.83. The molecule has 3 N–H and O–H groups in total.